The zero-order valence-electron chi connectivity index (χ0n) is 9.24. The summed E-state index contributed by atoms with van der Waals surface area (Å²) in [6.07, 6.45) is 0.397. The second kappa shape index (κ2) is 4.77. The van der Waals surface area contributed by atoms with Crippen LogP contribution >= 0.6 is 11.6 Å². The SMILES string of the molecule is CCOC(=O)C(O)c1ccc2c(Cl)c[nH]c2c1. The zero-order chi connectivity index (χ0) is 12.4. The molecule has 0 aliphatic carbocycles. The zero-order valence-corrected chi connectivity index (χ0v) is 9.99. The van der Waals surface area contributed by atoms with Crippen molar-refractivity contribution in [3.05, 3.63) is 35.0 Å². The van der Waals surface area contributed by atoms with Crippen LogP contribution in [0.25, 0.3) is 10.9 Å². The van der Waals surface area contributed by atoms with Gasteiger partial charge in [-0.1, -0.05) is 23.7 Å². The number of aromatic nitrogens is 1. The Kier molecular flexibility index (Phi) is 3.36. The van der Waals surface area contributed by atoms with E-state index in [-0.39, 0.29) is 6.61 Å². The lowest BCUT2D eigenvalue weighted by Crippen LogP contribution is -2.15. The van der Waals surface area contributed by atoms with E-state index in [2.05, 4.69) is 4.98 Å². The lowest BCUT2D eigenvalue weighted by molar-refractivity contribution is -0.153. The van der Waals surface area contributed by atoms with E-state index in [9.17, 15) is 9.90 Å². The van der Waals surface area contributed by atoms with Crippen molar-refractivity contribution in [1.82, 2.24) is 4.98 Å². The highest BCUT2D eigenvalue weighted by Crippen LogP contribution is 2.26. The maximum absolute atomic E-state index is 11.4. The first-order valence-corrected chi connectivity index (χ1v) is 5.62. The van der Waals surface area contributed by atoms with Crippen molar-refractivity contribution in [2.75, 3.05) is 6.61 Å². The van der Waals surface area contributed by atoms with Gasteiger partial charge >= 0.3 is 5.97 Å². The van der Waals surface area contributed by atoms with Crippen molar-refractivity contribution in [3.63, 3.8) is 0 Å². The van der Waals surface area contributed by atoms with Gasteiger partial charge in [0.2, 0.25) is 0 Å². The molecule has 2 rings (SSSR count). The van der Waals surface area contributed by atoms with Crippen LogP contribution in [0.3, 0.4) is 0 Å². The summed E-state index contributed by atoms with van der Waals surface area (Å²) < 4.78 is 4.75. The van der Waals surface area contributed by atoms with Gasteiger partial charge in [-0.25, -0.2) is 4.79 Å². The monoisotopic (exact) mass is 253 g/mol. The fourth-order valence-electron chi connectivity index (χ4n) is 1.64. The van der Waals surface area contributed by atoms with Crippen molar-refractivity contribution in [2.45, 2.75) is 13.0 Å². The summed E-state index contributed by atoms with van der Waals surface area (Å²) in [5.74, 6) is -0.649. The first-order valence-electron chi connectivity index (χ1n) is 5.24. The van der Waals surface area contributed by atoms with Gasteiger partial charge in [0.1, 0.15) is 0 Å². The summed E-state index contributed by atoms with van der Waals surface area (Å²) in [4.78, 5) is 14.3. The van der Waals surface area contributed by atoms with Crippen LogP contribution < -0.4 is 0 Å². The second-order valence-corrected chi connectivity index (χ2v) is 4.00. The van der Waals surface area contributed by atoms with Crippen molar-refractivity contribution < 1.29 is 14.6 Å². The molecule has 1 heterocycles. The Balaban J connectivity index is 2.33. The molecule has 1 unspecified atom stereocenters. The van der Waals surface area contributed by atoms with Crippen molar-refractivity contribution in [2.24, 2.45) is 0 Å². The van der Waals surface area contributed by atoms with Crippen molar-refractivity contribution >= 4 is 28.5 Å². The van der Waals surface area contributed by atoms with E-state index in [1.165, 1.54) is 0 Å². The number of H-pyrrole nitrogens is 1. The molecular formula is C12H12ClNO3. The van der Waals surface area contributed by atoms with Crippen LogP contribution in [-0.4, -0.2) is 22.7 Å². The molecule has 0 fully saturated rings. The minimum atomic E-state index is -1.26. The molecule has 5 heteroatoms. The van der Waals surface area contributed by atoms with Crippen molar-refractivity contribution in [1.29, 1.82) is 0 Å². The van der Waals surface area contributed by atoms with E-state index in [0.29, 0.717) is 10.6 Å². The Morgan fingerprint density at radius 2 is 2.35 bits per heavy atom. The minimum absolute atomic E-state index is 0.243. The summed E-state index contributed by atoms with van der Waals surface area (Å²) in [5.41, 5.74) is 1.25. The van der Waals surface area contributed by atoms with Crippen LogP contribution in [0.4, 0.5) is 0 Å². The number of hydrogen-bond donors (Lipinski definition) is 2. The molecule has 1 aromatic carbocycles. The quantitative estimate of drug-likeness (QED) is 0.826. The van der Waals surface area contributed by atoms with Gasteiger partial charge in [-0.15, -0.1) is 0 Å². The Morgan fingerprint density at radius 1 is 1.59 bits per heavy atom. The van der Waals surface area contributed by atoms with Gasteiger partial charge in [-0.2, -0.15) is 0 Å². The number of nitrogens with one attached hydrogen (secondary N) is 1. The molecule has 0 saturated heterocycles. The van der Waals surface area contributed by atoms with Gasteiger partial charge in [0, 0.05) is 17.1 Å². The number of carbonyl (C=O) groups excluding carboxylic acids is 1. The highest BCUT2D eigenvalue weighted by atomic mass is 35.5. The fourth-order valence-corrected chi connectivity index (χ4v) is 1.86. The second-order valence-electron chi connectivity index (χ2n) is 3.60. The standard InChI is InChI=1S/C12H12ClNO3/c1-2-17-12(16)11(15)7-3-4-8-9(13)6-14-10(8)5-7/h3-6,11,14-15H,2H2,1H3. The number of fused-ring (bicyclic) bond motifs is 1. The van der Waals surface area contributed by atoms with Gasteiger partial charge in [0.15, 0.2) is 6.10 Å². The Labute approximate surface area is 103 Å². The van der Waals surface area contributed by atoms with Gasteiger partial charge in [-0.05, 0) is 18.6 Å². The summed E-state index contributed by atoms with van der Waals surface area (Å²) in [5, 5.41) is 11.2. The molecule has 0 spiro atoms. The Bertz CT molecular complexity index is 550. The molecule has 0 aliphatic rings. The number of esters is 1. The molecule has 0 bridgehead atoms. The van der Waals surface area contributed by atoms with E-state index < -0.39 is 12.1 Å². The summed E-state index contributed by atoms with van der Waals surface area (Å²) in [7, 11) is 0. The van der Waals surface area contributed by atoms with Gasteiger partial charge in [-0.3, -0.25) is 0 Å². The lowest BCUT2D eigenvalue weighted by atomic mass is 10.1. The molecule has 2 aromatic rings. The van der Waals surface area contributed by atoms with E-state index in [1.54, 1.807) is 31.3 Å². The Morgan fingerprint density at radius 3 is 3.06 bits per heavy atom. The number of benzene rings is 1. The summed E-state index contributed by atoms with van der Waals surface area (Å²) in [6.45, 7) is 1.94. The van der Waals surface area contributed by atoms with E-state index in [4.69, 9.17) is 16.3 Å². The van der Waals surface area contributed by atoms with E-state index >= 15 is 0 Å². The largest absolute Gasteiger partial charge is 0.464 e. The van der Waals surface area contributed by atoms with Crippen LogP contribution in [-0.2, 0) is 9.53 Å². The number of hydrogen-bond acceptors (Lipinski definition) is 3. The molecular weight excluding hydrogens is 242 g/mol. The third-order valence-electron chi connectivity index (χ3n) is 2.48. The summed E-state index contributed by atoms with van der Waals surface area (Å²) in [6, 6.07) is 5.10. The molecule has 0 radical (unpaired) electrons. The number of ether oxygens (including phenoxy) is 1. The van der Waals surface area contributed by atoms with Crippen molar-refractivity contribution in [3.8, 4) is 0 Å². The predicted octanol–water partition coefficient (Wildman–Crippen LogP) is 2.42. The van der Waals surface area contributed by atoms with Gasteiger partial charge in [0.05, 0.1) is 11.6 Å². The minimum Gasteiger partial charge on any atom is -0.464 e. The molecule has 0 aliphatic heterocycles. The molecule has 0 amide bonds. The first-order chi connectivity index (χ1) is 8.13. The number of halogens is 1. The lowest BCUT2D eigenvalue weighted by Gasteiger charge is -2.09. The van der Waals surface area contributed by atoms with E-state index in [1.807, 2.05) is 0 Å². The number of aliphatic hydroxyl groups is 1. The highest BCUT2D eigenvalue weighted by molar-refractivity contribution is 6.35. The average molecular weight is 254 g/mol. The smallest absolute Gasteiger partial charge is 0.339 e. The third kappa shape index (κ3) is 2.28. The number of aromatic amines is 1. The van der Waals surface area contributed by atoms with Gasteiger partial charge < -0.3 is 14.8 Å². The maximum Gasteiger partial charge on any atom is 0.339 e. The van der Waals surface area contributed by atoms with Crippen LogP contribution in [0.5, 0.6) is 0 Å². The average Bonchev–Trinajstić information content (AvgIpc) is 2.70. The highest BCUT2D eigenvalue weighted by Gasteiger charge is 2.19. The van der Waals surface area contributed by atoms with Crippen LogP contribution in [0.2, 0.25) is 5.02 Å². The molecule has 2 N–H and O–H groups in total. The fraction of sp³-hybridized carbons (Fsp3) is 0.250. The predicted molar refractivity (Wildman–Crippen MR) is 64.9 cm³/mol. The van der Waals surface area contributed by atoms with Crippen LogP contribution in [0.15, 0.2) is 24.4 Å². The van der Waals surface area contributed by atoms with Gasteiger partial charge in [0.25, 0.3) is 0 Å². The third-order valence-corrected chi connectivity index (χ3v) is 2.79. The first kappa shape index (κ1) is 12.0. The Hall–Kier alpha value is -1.52. The molecule has 1 atom stereocenters. The van der Waals surface area contributed by atoms with E-state index in [0.717, 1.165) is 10.9 Å². The number of aliphatic hydroxyl groups excluding tert-OH is 1. The number of carbonyl (C=O) groups is 1. The molecule has 17 heavy (non-hydrogen) atoms. The topological polar surface area (TPSA) is 62.3 Å². The van der Waals surface area contributed by atoms with Crippen LogP contribution in [0.1, 0.15) is 18.6 Å². The molecule has 0 saturated carbocycles. The molecule has 1 aromatic heterocycles. The summed E-state index contributed by atoms with van der Waals surface area (Å²) >= 11 is 5.93. The number of rotatable bonds is 3. The molecule has 4 nitrogen and oxygen atoms in total. The normalized spacial score (nSPS) is 12.6. The maximum atomic E-state index is 11.4. The molecule has 90 valence electrons. The van der Waals surface area contributed by atoms with Crippen LogP contribution in [0, 0.1) is 0 Å².